The third kappa shape index (κ3) is 5.61. The molecule has 0 aromatic heterocycles. The van der Waals surface area contributed by atoms with Gasteiger partial charge < -0.3 is 10.6 Å². The van der Waals surface area contributed by atoms with Gasteiger partial charge in [0.1, 0.15) is 6.04 Å². The van der Waals surface area contributed by atoms with Crippen LogP contribution < -0.4 is 10.6 Å². The first-order valence-corrected chi connectivity index (χ1v) is 13.0. The summed E-state index contributed by atoms with van der Waals surface area (Å²) < 4.78 is 27.3. The molecule has 1 amide bonds. The number of carbonyl (C=O) groups is 1. The molecule has 0 unspecified atom stereocenters. The highest BCUT2D eigenvalue weighted by Crippen LogP contribution is 2.26. The molecule has 174 valence electrons. The Morgan fingerprint density at radius 2 is 1.85 bits per heavy atom. The van der Waals surface area contributed by atoms with Gasteiger partial charge in [-0.15, -0.1) is 0 Å². The van der Waals surface area contributed by atoms with Gasteiger partial charge in [0.15, 0.2) is 0 Å². The minimum Gasteiger partial charge on any atom is -0.339 e. The number of piperidine rings is 1. The van der Waals surface area contributed by atoms with Gasteiger partial charge in [-0.25, -0.2) is 8.42 Å². The second-order valence-electron chi connectivity index (χ2n) is 8.73. The smallest absolute Gasteiger partial charge is 0.243 e. The Bertz CT molecular complexity index is 1110. The van der Waals surface area contributed by atoms with Crippen LogP contribution in [-0.2, 0) is 21.2 Å². The minimum absolute atomic E-state index is 0.117. The van der Waals surface area contributed by atoms with Crippen molar-refractivity contribution < 1.29 is 13.2 Å². The molecule has 0 radical (unpaired) electrons. The van der Waals surface area contributed by atoms with Crippen molar-refractivity contribution in [2.45, 2.75) is 55.5 Å². The van der Waals surface area contributed by atoms with Crippen LogP contribution in [0, 0.1) is 11.3 Å². The average molecular weight is 467 g/mol. The summed E-state index contributed by atoms with van der Waals surface area (Å²) in [7, 11) is -3.47. The number of rotatable bonds is 7. The van der Waals surface area contributed by atoms with E-state index in [1.54, 1.807) is 22.5 Å². The van der Waals surface area contributed by atoms with Crippen LogP contribution in [0.15, 0.2) is 53.4 Å². The van der Waals surface area contributed by atoms with E-state index in [1.165, 1.54) is 0 Å². The number of nitrogens with one attached hydrogen (secondary N) is 2. The SMILES string of the molecule is N#C[C@H](Cc1ccc(-c2cccc(S(=O)(=O)N3CCCC3)c2)cc1)NC(=O)[C@@H]1CCCCN1. The van der Waals surface area contributed by atoms with Crippen LogP contribution in [0.2, 0.25) is 0 Å². The highest BCUT2D eigenvalue weighted by molar-refractivity contribution is 7.89. The molecule has 2 aliphatic heterocycles. The summed E-state index contributed by atoms with van der Waals surface area (Å²) in [5, 5.41) is 15.6. The topological polar surface area (TPSA) is 102 Å². The Labute approximate surface area is 195 Å². The summed E-state index contributed by atoms with van der Waals surface area (Å²) in [4.78, 5) is 12.7. The maximum atomic E-state index is 12.9. The zero-order chi connectivity index (χ0) is 23.3. The maximum Gasteiger partial charge on any atom is 0.243 e. The predicted molar refractivity (Wildman–Crippen MR) is 127 cm³/mol. The van der Waals surface area contributed by atoms with Gasteiger partial charge in [-0.2, -0.15) is 9.57 Å². The van der Waals surface area contributed by atoms with Gasteiger partial charge in [0.05, 0.1) is 17.0 Å². The number of nitrogens with zero attached hydrogens (tertiary/aromatic N) is 2. The first kappa shape index (κ1) is 23.4. The zero-order valence-electron chi connectivity index (χ0n) is 18.7. The number of hydrogen-bond acceptors (Lipinski definition) is 5. The molecule has 4 rings (SSSR count). The molecule has 0 bridgehead atoms. The van der Waals surface area contributed by atoms with Crippen LogP contribution >= 0.6 is 0 Å². The third-order valence-electron chi connectivity index (χ3n) is 6.36. The molecular formula is C25H30N4O3S. The fourth-order valence-electron chi connectivity index (χ4n) is 4.46. The first-order valence-electron chi connectivity index (χ1n) is 11.6. The Kier molecular flexibility index (Phi) is 7.43. The van der Waals surface area contributed by atoms with Crippen molar-refractivity contribution in [3.8, 4) is 17.2 Å². The van der Waals surface area contributed by atoms with Gasteiger partial charge in [-0.3, -0.25) is 4.79 Å². The van der Waals surface area contributed by atoms with E-state index in [1.807, 2.05) is 30.3 Å². The molecule has 8 heteroatoms. The Hall–Kier alpha value is -2.73. The second kappa shape index (κ2) is 10.5. The number of carbonyl (C=O) groups excluding carboxylic acids is 1. The molecule has 0 saturated carbocycles. The summed E-state index contributed by atoms with van der Waals surface area (Å²) in [5.74, 6) is -0.117. The summed E-state index contributed by atoms with van der Waals surface area (Å²) >= 11 is 0. The third-order valence-corrected chi connectivity index (χ3v) is 8.26. The van der Waals surface area contributed by atoms with E-state index in [9.17, 15) is 18.5 Å². The van der Waals surface area contributed by atoms with Crippen LogP contribution in [0.25, 0.3) is 11.1 Å². The molecule has 0 aliphatic carbocycles. The number of amides is 1. The van der Waals surface area contributed by atoms with Crippen molar-refractivity contribution in [2.24, 2.45) is 0 Å². The summed E-state index contributed by atoms with van der Waals surface area (Å²) in [5.41, 5.74) is 2.67. The Balaban J connectivity index is 1.42. The quantitative estimate of drug-likeness (QED) is 0.653. The Morgan fingerprint density at radius 3 is 2.52 bits per heavy atom. The monoisotopic (exact) mass is 466 g/mol. The molecule has 2 atom stereocenters. The average Bonchev–Trinajstić information content (AvgIpc) is 3.41. The fourth-order valence-corrected chi connectivity index (χ4v) is 6.02. The summed E-state index contributed by atoms with van der Waals surface area (Å²) in [6, 6.07) is 16.1. The van der Waals surface area contributed by atoms with Crippen LogP contribution in [0.4, 0.5) is 0 Å². The van der Waals surface area contributed by atoms with Crippen molar-refractivity contribution in [3.63, 3.8) is 0 Å². The molecule has 2 N–H and O–H groups in total. The molecule has 2 fully saturated rings. The number of benzene rings is 2. The lowest BCUT2D eigenvalue weighted by atomic mass is 10.00. The minimum atomic E-state index is -3.47. The molecule has 33 heavy (non-hydrogen) atoms. The van der Waals surface area contributed by atoms with Gasteiger partial charge in [0.2, 0.25) is 15.9 Å². The Morgan fingerprint density at radius 1 is 1.09 bits per heavy atom. The van der Waals surface area contributed by atoms with Gasteiger partial charge in [0.25, 0.3) is 0 Å². The second-order valence-corrected chi connectivity index (χ2v) is 10.7. The van der Waals surface area contributed by atoms with E-state index in [-0.39, 0.29) is 11.9 Å². The van der Waals surface area contributed by atoms with Crippen LogP contribution in [0.1, 0.15) is 37.7 Å². The molecule has 2 saturated heterocycles. The van der Waals surface area contributed by atoms with Crippen LogP contribution in [0.3, 0.4) is 0 Å². The van der Waals surface area contributed by atoms with E-state index < -0.39 is 16.1 Å². The summed E-state index contributed by atoms with van der Waals surface area (Å²) in [6.07, 6.45) is 5.11. The zero-order valence-corrected chi connectivity index (χ0v) is 19.5. The van der Waals surface area contributed by atoms with E-state index >= 15 is 0 Å². The molecule has 2 aromatic carbocycles. The van der Waals surface area contributed by atoms with Gasteiger partial charge in [-0.05, 0) is 61.1 Å². The lowest BCUT2D eigenvalue weighted by Gasteiger charge is -2.23. The number of hydrogen-bond donors (Lipinski definition) is 2. The van der Waals surface area contributed by atoms with Gasteiger partial charge in [-0.1, -0.05) is 42.8 Å². The standard InChI is InChI=1S/C25H30N4O3S/c26-18-22(28-25(30)24-8-1-2-13-27-24)16-19-9-11-20(12-10-19)21-6-5-7-23(17-21)33(31,32)29-14-3-4-15-29/h5-7,9-12,17,22,24,27H,1-4,8,13-16H2,(H,28,30)/t22-,24-/m0/s1. The maximum absolute atomic E-state index is 12.9. The molecule has 2 aliphatic rings. The number of sulfonamides is 1. The lowest BCUT2D eigenvalue weighted by Crippen LogP contribution is -2.49. The molecule has 7 nitrogen and oxygen atoms in total. The highest BCUT2D eigenvalue weighted by atomic mass is 32.2. The van der Waals surface area contributed by atoms with E-state index in [0.717, 1.165) is 55.3 Å². The van der Waals surface area contributed by atoms with Gasteiger partial charge in [0, 0.05) is 19.5 Å². The number of nitriles is 1. The van der Waals surface area contributed by atoms with Gasteiger partial charge >= 0.3 is 0 Å². The van der Waals surface area contributed by atoms with Crippen LogP contribution in [0.5, 0.6) is 0 Å². The van der Waals surface area contributed by atoms with Crippen molar-refractivity contribution >= 4 is 15.9 Å². The van der Waals surface area contributed by atoms with Crippen LogP contribution in [-0.4, -0.2) is 50.3 Å². The van der Waals surface area contributed by atoms with Crippen molar-refractivity contribution in [1.82, 2.24) is 14.9 Å². The highest BCUT2D eigenvalue weighted by Gasteiger charge is 2.27. The largest absolute Gasteiger partial charge is 0.339 e. The van der Waals surface area contributed by atoms with E-state index in [4.69, 9.17) is 0 Å². The van der Waals surface area contributed by atoms with E-state index in [0.29, 0.717) is 24.4 Å². The molecule has 2 heterocycles. The molecular weight excluding hydrogens is 436 g/mol. The van der Waals surface area contributed by atoms with E-state index in [2.05, 4.69) is 16.7 Å². The molecule has 0 spiro atoms. The first-order chi connectivity index (χ1) is 16.0. The normalized spacial score (nSPS) is 20.2. The molecule has 2 aromatic rings. The fraction of sp³-hybridized carbons (Fsp3) is 0.440. The van der Waals surface area contributed by atoms with Crippen molar-refractivity contribution in [3.05, 3.63) is 54.1 Å². The predicted octanol–water partition coefficient (Wildman–Crippen LogP) is 2.83. The lowest BCUT2D eigenvalue weighted by molar-refractivity contribution is -0.124. The van der Waals surface area contributed by atoms with Crippen molar-refractivity contribution in [1.29, 1.82) is 5.26 Å². The van der Waals surface area contributed by atoms with Crippen molar-refractivity contribution in [2.75, 3.05) is 19.6 Å². The summed E-state index contributed by atoms with van der Waals surface area (Å²) in [6.45, 7) is 1.99.